The van der Waals surface area contributed by atoms with Crippen LogP contribution in [0.3, 0.4) is 0 Å². The number of nitriles is 1. The summed E-state index contributed by atoms with van der Waals surface area (Å²) in [6.45, 7) is 6.43. The monoisotopic (exact) mass is 224 g/mol. The van der Waals surface area contributed by atoms with Gasteiger partial charge in [0.15, 0.2) is 0 Å². The Hall–Kier alpha value is -0.550. The zero-order chi connectivity index (χ0) is 12.2. The molecule has 94 valence electrons. The minimum atomic E-state index is 0.0515. The van der Waals surface area contributed by atoms with E-state index in [0.717, 1.165) is 6.42 Å². The molecular formula is C14H28N2. The highest BCUT2D eigenvalue weighted by molar-refractivity contribution is 4.90. The molecule has 0 radical (unpaired) electrons. The number of unbranched alkanes of at least 4 members (excludes halogenated alkanes) is 6. The molecular weight excluding hydrogens is 196 g/mol. The zero-order valence-electron chi connectivity index (χ0n) is 11.3. The lowest BCUT2D eigenvalue weighted by atomic mass is 10.1. The molecule has 0 saturated carbocycles. The van der Waals surface area contributed by atoms with Gasteiger partial charge < -0.3 is 0 Å². The molecule has 16 heavy (non-hydrogen) atoms. The standard InChI is InChI=1S/C14H28N2/c1-4-5-6-7-8-9-10-11-14(12-15)16-13(2)3/h13-14,16H,4-11H2,1-3H3. The topological polar surface area (TPSA) is 35.8 Å². The second-order valence-corrected chi connectivity index (χ2v) is 4.91. The van der Waals surface area contributed by atoms with Crippen molar-refractivity contribution in [2.75, 3.05) is 0 Å². The van der Waals surface area contributed by atoms with Crippen molar-refractivity contribution in [1.29, 1.82) is 5.26 Å². The van der Waals surface area contributed by atoms with Gasteiger partial charge >= 0.3 is 0 Å². The summed E-state index contributed by atoms with van der Waals surface area (Å²) in [6.07, 6.45) is 10.2. The van der Waals surface area contributed by atoms with E-state index in [4.69, 9.17) is 5.26 Å². The largest absolute Gasteiger partial charge is 0.300 e. The van der Waals surface area contributed by atoms with E-state index in [-0.39, 0.29) is 6.04 Å². The van der Waals surface area contributed by atoms with Crippen LogP contribution in [0.2, 0.25) is 0 Å². The SMILES string of the molecule is CCCCCCCCCC(C#N)NC(C)C. The van der Waals surface area contributed by atoms with Gasteiger partial charge in [-0.2, -0.15) is 5.26 Å². The molecule has 0 aliphatic carbocycles. The predicted molar refractivity (Wildman–Crippen MR) is 70.3 cm³/mol. The Morgan fingerprint density at radius 1 is 1.00 bits per heavy atom. The van der Waals surface area contributed by atoms with E-state index in [9.17, 15) is 0 Å². The van der Waals surface area contributed by atoms with E-state index in [1.54, 1.807) is 0 Å². The smallest absolute Gasteiger partial charge is 0.0954 e. The fourth-order valence-corrected chi connectivity index (χ4v) is 1.89. The Balaban J connectivity index is 3.32. The molecule has 1 N–H and O–H groups in total. The van der Waals surface area contributed by atoms with Crippen molar-refractivity contribution in [1.82, 2.24) is 5.32 Å². The van der Waals surface area contributed by atoms with Crippen LogP contribution < -0.4 is 5.32 Å². The third kappa shape index (κ3) is 9.98. The van der Waals surface area contributed by atoms with Gasteiger partial charge in [-0.15, -0.1) is 0 Å². The molecule has 1 atom stereocenters. The van der Waals surface area contributed by atoms with Crippen LogP contribution in [0.25, 0.3) is 0 Å². The van der Waals surface area contributed by atoms with Gasteiger partial charge in [-0.25, -0.2) is 0 Å². The Kier molecular flexibility index (Phi) is 10.6. The van der Waals surface area contributed by atoms with Crippen LogP contribution in [0.15, 0.2) is 0 Å². The molecule has 0 bridgehead atoms. The highest BCUT2D eigenvalue weighted by Crippen LogP contribution is 2.09. The molecule has 0 saturated heterocycles. The summed E-state index contributed by atoms with van der Waals surface area (Å²) in [5.41, 5.74) is 0. The number of nitrogens with zero attached hydrogens (tertiary/aromatic N) is 1. The quantitative estimate of drug-likeness (QED) is 0.569. The average molecular weight is 224 g/mol. The van der Waals surface area contributed by atoms with Gasteiger partial charge in [-0.3, -0.25) is 5.32 Å². The molecule has 0 aromatic rings. The van der Waals surface area contributed by atoms with Crippen molar-refractivity contribution in [3.05, 3.63) is 0 Å². The number of hydrogen-bond acceptors (Lipinski definition) is 2. The van der Waals surface area contributed by atoms with E-state index in [1.165, 1.54) is 44.9 Å². The van der Waals surface area contributed by atoms with Crippen molar-refractivity contribution in [3.63, 3.8) is 0 Å². The van der Waals surface area contributed by atoms with Gasteiger partial charge in [0.2, 0.25) is 0 Å². The molecule has 0 rings (SSSR count). The van der Waals surface area contributed by atoms with Crippen LogP contribution in [-0.4, -0.2) is 12.1 Å². The molecule has 0 aromatic carbocycles. The van der Waals surface area contributed by atoms with Crippen molar-refractivity contribution in [2.24, 2.45) is 0 Å². The maximum atomic E-state index is 8.94. The third-order valence-corrected chi connectivity index (χ3v) is 2.79. The maximum Gasteiger partial charge on any atom is 0.0954 e. The zero-order valence-corrected chi connectivity index (χ0v) is 11.3. The van der Waals surface area contributed by atoms with Gasteiger partial charge in [0.1, 0.15) is 0 Å². The second kappa shape index (κ2) is 11.0. The van der Waals surface area contributed by atoms with Gasteiger partial charge in [-0.1, -0.05) is 51.9 Å². The molecule has 0 amide bonds. The minimum Gasteiger partial charge on any atom is -0.300 e. The van der Waals surface area contributed by atoms with Crippen LogP contribution in [0, 0.1) is 11.3 Å². The van der Waals surface area contributed by atoms with Gasteiger partial charge in [0.05, 0.1) is 12.1 Å². The summed E-state index contributed by atoms with van der Waals surface area (Å²) in [4.78, 5) is 0. The lowest BCUT2D eigenvalue weighted by Gasteiger charge is -2.14. The van der Waals surface area contributed by atoms with Crippen molar-refractivity contribution < 1.29 is 0 Å². The molecule has 0 fully saturated rings. The summed E-state index contributed by atoms with van der Waals surface area (Å²) in [6, 6.07) is 2.80. The fraction of sp³-hybridized carbons (Fsp3) is 0.929. The number of rotatable bonds is 10. The van der Waals surface area contributed by atoms with Crippen molar-refractivity contribution in [2.45, 2.75) is 84.2 Å². The lowest BCUT2D eigenvalue weighted by Crippen LogP contribution is -2.33. The van der Waals surface area contributed by atoms with Gasteiger partial charge in [0, 0.05) is 6.04 Å². The van der Waals surface area contributed by atoms with E-state index in [0.29, 0.717) is 6.04 Å². The van der Waals surface area contributed by atoms with Crippen LogP contribution >= 0.6 is 0 Å². The molecule has 0 aliphatic heterocycles. The maximum absolute atomic E-state index is 8.94. The number of nitrogens with one attached hydrogen (secondary N) is 1. The highest BCUT2D eigenvalue weighted by atomic mass is 14.9. The summed E-state index contributed by atoms with van der Waals surface area (Å²) >= 11 is 0. The summed E-state index contributed by atoms with van der Waals surface area (Å²) in [5, 5.41) is 12.2. The Morgan fingerprint density at radius 3 is 2.06 bits per heavy atom. The molecule has 0 heterocycles. The molecule has 0 spiro atoms. The molecule has 2 nitrogen and oxygen atoms in total. The van der Waals surface area contributed by atoms with E-state index in [1.807, 2.05) is 0 Å². The Labute approximate surface area is 101 Å². The third-order valence-electron chi connectivity index (χ3n) is 2.79. The Bertz CT molecular complexity index is 182. The van der Waals surface area contributed by atoms with Crippen LogP contribution in [-0.2, 0) is 0 Å². The van der Waals surface area contributed by atoms with E-state index in [2.05, 4.69) is 32.2 Å². The molecule has 1 unspecified atom stereocenters. The average Bonchev–Trinajstić information content (AvgIpc) is 2.25. The highest BCUT2D eigenvalue weighted by Gasteiger charge is 2.07. The van der Waals surface area contributed by atoms with Crippen molar-refractivity contribution >= 4 is 0 Å². The van der Waals surface area contributed by atoms with Crippen LogP contribution in [0.4, 0.5) is 0 Å². The first kappa shape index (κ1) is 15.4. The summed E-state index contributed by atoms with van der Waals surface area (Å²) in [5.74, 6) is 0. The fourth-order valence-electron chi connectivity index (χ4n) is 1.89. The van der Waals surface area contributed by atoms with Crippen molar-refractivity contribution in [3.8, 4) is 6.07 Å². The summed E-state index contributed by atoms with van der Waals surface area (Å²) in [7, 11) is 0. The molecule has 2 heteroatoms. The van der Waals surface area contributed by atoms with Gasteiger partial charge in [-0.05, 0) is 20.3 Å². The Morgan fingerprint density at radius 2 is 1.56 bits per heavy atom. The first-order chi connectivity index (χ1) is 7.70. The second-order valence-electron chi connectivity index (χ2n) is 4.91. The first-order valence-corrected chi connectivity index (χ1v) is 6.86. The first-order valence-electron chi connectivity index (χ1n) is 6.86. The normalized spacial score (nSPS) is 12.7. The van der Waals surface area contributed by atoms with Crippen LogP contribution in [0.5, 0.6) is 0 Å². The molecule has 0 aromatic heterocycles. The minimum absolute atomic E-state index is 0.0515. The molecule has 0 aliphatic rings. The van der Waals surface area contributed by atoms with Gasteiger partial charge in [0.25, 0.3) is 0 Å². The lowest BCUT2D eigenvalue weighted by molar-refractivity contribution is 0.477. The predicted octanol–water partition coefficient (Wildman–Crippen LogP) is 4.02. The van der Waals surface area contributed by atoms with E-state index < -0.39 is 0 Å². The van der Waals surface area contributed by atoms with E-state index >= 15 is 0 Å². The number of hydrogen-bond donors (Lipinski definition) is 1. The summed E-state index contributed by atoms with van der Waals surface area (Å²) < 4.78 is 0. The van der Waals surface area contributed by atoms with Crippen LogP contribution in [0.1, 0.15) is 72.1 Å².